The van der Waals surface area contributed by atoms with Crippen molar-refractivity contribution >= 4 is 0 Å². The zero-order valence-corrected chi connectivity index (χ0v) is 10.5. The van der Waals surface area contributed by atoms with Crippen molar-refractivity contribution in [1.82, 2.24) is 20.0 Å². The molecule has 0 aliphatic carbocycles. The molecule has 0 aromatic carbocycles. The van der Waals surface area contributed by atoms with Gasteiger partial charge in [-0.05, 0) is 30.9 Å². The van der Waals surface area contributed by atoms with E-state index in [1.807, 2.05) is 18.3 Å². The Labute approximate surface area is 106 Å². The summed E-state index contributed by atoms with van der Waals surface area (Å²) in [7, 11) is 0. The highest BCUT2D eigenvalue weighted by molar-refractivity contribution is 5.09. The molecule has 1 N–H and O–H groups in total. The second-order valence-corrected chi connectivity index (χ2v) is 4.30. The highest BCUT2D eigenvalue weighted by Crippen LogP contribution is 2.17. The van der Waals surface area contributed by atoms with Crippen LogP contribution in [0.15, 0.2) is 30.7 Å². The van der Waals surface area contributed by atoms with Crippen LogP contribution in [0.1, 0.15) is 37.1 Å². The van der Waals surface area contributed by atoms with Crippen molar-refractivity contribution in [3.05, 3.63) is 42.0 Å². The summed E-state index contributed by atoms with van der Waals surface area (Å²) in [5, 5.41) is 18.0. The van der Waals surface area contributed by atoms with Crippen molar-refractivity contribution in [2.75, 3.05) is 0 Å². The lowest BCUT2D eigenvalue weighted by Gasteiger charge is -2.11. The van der Waals surface area contributed by atoms with Gasteiger partial charge in [-0.1, -0.05) is 18.2 Å². The molecule has 0 spiro atoms. The number of rotatable bonds is 6. The van der Waals surface area contributed by atoms with E-state index in [0.29, 0.717) is 6.42 Å². The topological polar surface area (TPSA) is 63.8 Å². The summed E-state index contributed by atoms with van der Waals surface area (Å²) < 4.78 is 1.77. The zero-order valence-electron chi connectivity index (χ0n) is 10.5. The Morgan fingerprint density at radius 3 is 3.00 bits per heavy atom. The summed E-state index contributed by atoms with van der Waals surface area (Å²) in [5.41, 5.74) is 1.92. The monoisotopic (exact) mass is 246 g/mol. The van der Waals surface area contributed by atoms with E-state index in [0.717, 1.165) is 30.6 Å². The van der Waals surface area contributed by atoms with Crippen LogP contribution in [0, 0.1) is 0 Å². The minimum Gasteiger partial charge on any atom is -0.387 e. The number of hydrogen-bond acceptors (Lipinski definition) is 4. The molecule has 2 aromatic heterocycles. The first-order valence-corrected chi connectivity index (χ1v) is 6.26. The predicted molar refractivity (Wildman–Crippen MR) is 67.8 cm³/mol. The molecule has 96 valence electrons. The second-order valence-electron chi connectivity index (χ2n) is 4.30. The van der Waals surface area contributed by atoms with Gasteiger partial charge >= 0.3 is 0 Å². The molecule has 0 aliphatic rings. The van der Waals surface area contributed by atoms with E-state index in [9.17, 15) is 5.11 Å². The summed E-state index contributed by atoms with van der Waals surface area (Å²) in [6, 6.07) is 3.92. The molecule has 0 saturated carbocycles. The van der Waals surface area contributed by atoms with E-state index < -0.39 is 6.10 Å². The Morgan fingerprint density at radius 1 is 1.39 bits per heavy atom. The van der Waals surface area contributed by atoms with Crippen molar-refractivity contribution < 1.29 is 5.11 Å². The third-order valence-electron chi connectivity index (χ3n) is 2.85. The number of aliphatic hydroxyl groups is 1. The largest absolute Gasteiger partial charge is 0.387 e. The summed E-state index contributed by atoms with van der Waals surface area (Å²) in [6.45, 7) is 2.87. The van der Waals surface area contributed by atoms with Gasteiger partial charge in [-0.25, -0.2) is 4.68 Å². The zero-order chi connectivity index (χ0) is 12.8. The van der Waals surface area contributed by atoms with Gasteiger partial charge in [0.25, 0.3) is 0 Å². The van der Waals surface area contributed by atoms with Gasteiger partial charge in [0, 0.05) is 18.9 Å². The van der Waals surface area contributed by atoms with Crippen molar-refractivity contribution in [3.8, 4) is 0 Å². The molecule has 0 aliphatic heterocycles. The first kappa shape index (κ1) is 12.7. The predicted octanol–water partition coefficient (Wildman–Crippen LogP) is 1.75. The SMILES string of the molecule is CCCn1nncc1C(O)CCc1cccnc1. The van der Waals surface area contributed by atoms with E-state index in [1.54, 1.807) is 17.1 Å². The molecule has 0 radical (unpaired) electrons. The lowest BCUT2D eigenvalue weighted by Crippen LogP contribution is -2.10. The molecule has 0 bridgehead atoms. The molecule has 1 unspecified atom stereocenters. The Balaban J connectivity index is 1.95. The minimum absolute atomic E-state index is 0.522. The van der Waals surface area contributed by atoms with Crippen molar-refractivity contribution in [3.63, 3.8) is 0 Å². The molecule has 0 fully saturated rings. The first-order valence-electron chi connectivity index (χ1n) is 6.26. The van der Waals surface area contributed by atoms with Gasteiger partial charge in [0.1, 0.15) is 0 Å². The quantitative estimate of drug-likeness (QED) is 0.843. The van der Waals surface area contributed by atoms with Crippen molar-refractivity contribution in [2.24, 2.45) is 0 Å². The fourth-order valence-electron chi connectivity index (χ4n) is 1.91. The van der Waals surface area contributed by atoms with Crippen molar-refractivity contribution in [2.45, 2.75) is 38.8 Å². The maximum Gasteiger partial charge on any atom is 0.0976 e. The van der Waals surface area contributed by atoms with Crippen LogP contribution in [-0.4, -0.2) is 25.1 Å². The summed E-state index contributed by atoms with van der Waals surface area (Å²) in [6.07, 6.45) is 7.13. The van der Waals surface area contributed by atoms with Crippen LogP contribution in [0.5, 0.6) is 0 Å². The van der Waals surface area contributed by atoms with Gasteiger partial charge < -0.3 is 5.11 Å². The van der Waals surface area contributed by atoms with Gasteiger partial charge in [0.05, 0.1) is 18.0 Å². The molecular formula is C13H18N4O. The molecular weight excluding hydrogens is 228 g/mol. The summed E-state index contributed by atoms with van der Waals surface area (Å²) in [4.78, 5) is 4.06. The second kappa shape index (κ2) is 6.26. The Bertz CT molecular complexity index is 469. The average molecular weight is 246 g/mol. The first-order chi connectivity index (χ1) is 8.81. The molecule has 5 nitrogen and oxygen atoms in total. The van der Waals surface area contributed by atoms with Crippen LogP contribution in [0.3, 0.4) is 0 Å². The number of nitrogens with zero attached hydrogens (tertiary/aromatic N) is 4. The highest BCUT2D eigenvalue weighted by atomic mass is 16.3. The molecule has 18 heavy (non-hydrogen) atoms. The number of hydrogen-bond donors (Lipinski definition) is 1. The molecule has 2 rings (SSSR count). The lowest BCUT2D eigenvalue weighted by molar-refractivity contribution is 0.156. The lowest BCUT2D eigenvalue weighted by atomic mass is 10.1. The normalized spacial score (nSPS) is 12.6. The van der Waals surface area contributed by atoms with Gasteiger partial charge in [-0.15, -0.1) is 5.10 Å². The third kappa shape index (κ3) is 3.13. The van der Waals surface area contributed by atoms with Gasteiger partial charge in [0.15, 0.2) is 0 Å². The van der Waals surface area contributed by atoms with E-state index >= 15 is 0 Å². The summed E-state index contributed by atoms with van der Waals surface area (Å²) in [5.74, 6) is 0. The number of aliphatic hydroxyl groups excluding tert-OH is 1. The van der Waals surface area contributed by atoms with Gasteiger partial charge in [-0.2, -0.15) is 0 Å². The van der Waals surface area contributed by atoms with E-state index in [1.165, 1.54) is 0 Å². The number of aryl methyl sites for hydroxylation is 2. The highest BCUT2D eigenvalue weighted by Gasteiger charge is 2.13. The molecule has 2 aromatic rings. The molecule has 0 amide bonds. The Kier molecular flexibility index (Phi) is 4.41. The Morgan fingerprint density at radius 2 is 2.28 bits per heavy atom. The fraction of sp³-hybridized carbons (Fsp3) is 0.462. The van der Waals surface area contributed by atoms with E-state index in [-0.39, 0.29) is 0 Å². The molecule has 5 heteroatoms. The van der Waals surface area contributed by atoms with Crippen LogP contribution >= 0.6 is 0 Å². The number of pyridine rings is 1. The minimum atomic E-state index is -0.522. The van der Waals surface area contributed by atoms with Gasteiger partial charge in [-0.3, -0.25) is 4.98 Å². The molecule has 0 saturated heterocycles. The van der Waals surface area contributed by atoms with Crippen LogP contribution < -0.4 is 0 Å². The average Bonchev–Trinajstić information content (AvgIpc) is 2.86. The molecule has 2 heterocycles. The van der Waals surface area contributed by atoms with Gasteiger partial charge in [0.2, 0.25) is 0 Å². The standard InChI is InChI=1S/C13H18N4O/c1-2-8-17-12(10-15-16-17)13(18)6-5-11-4-3-7-14-9-11/h3-4,7,9-10,13,18H,2,5-6,8H2,1H3. The van der Waals surface area contributed by atoms with Crippen LogP contribution in [-0.2, 0) is 13.0 Å². The van der Waals surface area contributed by atoms with E-state index in [4.69, 9.17) is 0 Å². The Hall–Kier alpha value is -1.75. The summed E-state index contributed by atoms with van der Waals surface area (Å²) >= 11 is 0. The number of aromatic nitrogens is 4. The fourth-order valence-corrected chi connectivity index (χ4v) is 1.91. The maximum absolute atomic E-state index is 10.2. The van der Waals surface area contributed by atoms with Crippen LogP contribution in [0.4, 0.5) is 0 Å². The molecule has 1 atom stereocenters. The third-order valence-corrected chi connectivity index (χ3v) is 2.85. The van der Waals surface area contributed by atoms with Crippen LogP contribution in [0.25, 0.3) is 0 Å². The van der Waals surface area contributed by atoms with Crippen LogP contribution in [0.2, 0.25) is 0 Å². The van der Waals surface area contributed by atoms with E-state index in [2.05, 4.69) is 22.2 Å². The van der Waals surface area contributed by atoms with Crippen molar-refractivity contribution in [1.29, 1.82) is 0 Å². The maximum atomic E-state index is 10.2. The smallest absolute Gasteiger partial charge is 0.0976 e.